The van der Waals surface area contributed by atoms with Crippen LogP contribution in [0.5, 0.6) is 11.5 Å². The monoisotopic (exact) mass is 366 g/mol. The van der Waals surface area contributed by atoms with Crippen molar-refractivity contribution in [2.24, 2.45) is 5.73 Å². The van der Waals surface area contributed by atoms with Crippen LogP contribution in [-0.2, 0) is 0 Å². The van der Waals surface area contributed by atoms with E-state index in [4.69, 9.17) is 27.4 Å². The fourth-order valence-corrected chi connectivity index (χ4v) is 2.87. The van der Waals surface area contributed by atoms with Gasteiger partial charge in [-0.15, -0.1) is 0 Å². The zero-order chi connectivity index (χ0) is 15.4. The normalized spacial score (nSPS) is 10.0. The van der Waals surface area contributed by atoms with Gasteiger partial charge >= 0.3 is 0 Å². The van der Waals surface area contributed by atoms with Crippen molar-refractivity contribution in [2.45, 2.75) is 0 Å². The van der Waals surface area contributed by atoms with E-state index in [1.807, 2.05) is 36.4 Å². The van der Waals surface area contributed by atoms with Gasteiger partial charge in [0.05, 0.1) is 19.9 Å². The van der Waals surface area contributed by atoms with Gasteiger partial charge in [-0.1, -0.05) is 18.3 Å². The van der Waals surface area contributed by atoms with Crippen LogP contribution in [0.25, 0.3) is 0 Å². The standard InChI is InChI=1S/C15H15BrN2O2S/c1-19-9-6-7-13(20-2)12(8-9)18-11-5-3-4-10(16)14(11)15(17)21/h3-8,18H,1-2H3,(H2,17,21). The second-order valence-electron chi connectivity index (χ2n) is 4.22. The maximum absolute atomic E-state index is 5.80. The van der Waals surface area contributed by atoms with Crippen LogP contribution in [0.2, 0.25) is 0 Å². The molecule has 0 aliphatic rings. The molecule has 2 aromatic carbocycles. The van der Waals surface area contributed by atoms with Gasteiger partial charge in [0, 0.05) is 21.8 Å². The highest BCUT2D eigenvalue weighted by Gasteiger charge is 2.12. The Balaban J connectivity index is 2.47. The van der Waals surface area contributed by atoms with Gasteiger partial charge in [0.15, 0.2) is 0 Å². The first-order chi connectivity index (χ1) is 10.1. The van der Waals surface area contributed by atoms with Gasteiger partial charge in [-0.25, -0.2) is 0 Å². The molecule has 0 aromatic heterocycles. The Morgan fingerprint density at radius 3 is 2.52 bits per heavy atom. The van der Waals surface area contributed by atoms with Gasteiger partial charge in [-0.05, 0) is 40.2 Å². The molecule has 21 heavy (non-hydrogen) atoms. The molecule has 0 saturated carbocycles. The SMILES string of the molecule is COc1ccc(OC)c(Nc2cccc(Br)c2C(N)=S)c1. The van der Waals surface area contributed by atoms with Crippen molar-refractivity contribution in [3.05, 3.63) is 46.4 Å². The molecule has 0 aliphatic heterocycles. The number of nitrogens with two attached hydrogens (primary N) is 1. The molecule has 0 heterocycles. The molecule has 0 radical (unpaired) electrons. The minimum absolute atomic E-state index is 0.312. The summed E-state index contributed by atoms with van der Waals surface area (Å²) in [5.41, 5.74) is 8.11. The summed E-state index contributed by atoms with van der Waals surface area (Å²) >= 11 is 8.58. The summed E-state index contributed by atoms with van der Waals surface area (Å²) in [6.45, 7) is 0. The van der Waals surface area contributed by atoms with Gasteiger partial charge in [-0.2, -0.15) is 0 Å². The van der Waals surface area contributed by atoms with Crippen LogP contribution < -0.4 is 20.5 Å². The molecule has 0 spiro atoms. The maximum Gasteiger partial charge on any atom is 0.142 e. The van der Waals surface area contributed by atoms with Gasteiger partial charge in [0.25, 0.3) is 0 Å². The van der Waals surface area contributed by atoms with Crippen LogP contribution in [0.15, 0.2) is 40.9 Å². The highest BCUT2D eigenvalue weighted by molar-refractivity contribution is 9.10. The number of rotatable bonds is 5. The van der Waals surface area contributed by atoms with Crippen LogP contribution in [0.3, 0.4) is 0 Å². The van der Waals surface area contributed by atoms with Crippen LogP contribution in [0.1, 0.15) is 5.56 Å². The van der Waals surface area contributed by atoms with E-state index < -0.39 is 0 Å². The number of anilines is 2. The van der Waals surface area contributed by atoms with Crippen LogP contribution in [-0.4, -0.2) is 19.2 Å². The van der Waals surface area contributed by atoms with Crippen molar-refractivity contribution in [2.75, 3.05) is 19.5 Å². The summed E-state index contributed by atoms with van der Waals surface area (Å²) in [5.74, 6) is 1.43. The fraction of sp³-hybridized carbons (Fsp3) is 0.133. The lowest BCUT2D eigenvalue weighted by Gasteiger charge is -2.16. The Hall–Kier alpha value is -1.79. The Morgan fingerprint density at radius 2 is 1.90 bits per heavy atom. The second-order valence-corrected chi connectivity index (χ2v) is 5.51. The largest absolute Gasteiger partial charge is 0.497 e. The fourth-order valence-electron chi connectivity index (χ4n) is 1.94. The number of nitrogens with one attached hydrogen (secondary N) is 1. The van der Waals surface area contributed by atoms with Crippen molar-refractivity contribution in [1.29, 1.82) is 0 Å². The van der Waals surface area contributed by atoms with Crippen LogP contribution in [0.4, 0.5) is 11.4 Å². The van der Waals surface area contributed by atoms with Crippen molar-refractivity contribution in [3.8, 4) is 11.5 Å². The summed E-state index contributed by atoms with van der Waals surface area (Å²) in [4.78, 5) is 0.312. The number of thiocarbonyl (C=S) groups is 1. The number of ether oxygens (including phenoxy) is 2. The average molecular weight is 367 g/mol. The smallest absolute Gasteiger partial charge is 0.142 e. The number of benzene rings is 2. The maximum atomic E-state index is 5.80. The second kappa shape index (κ2) is 6.78. The molecule has 0 fully saturated rings. The highest BCUT2D eigenvalue weighted by atomic mass is 79.9. The van der Waals surface area contributed by atoms with E-state index in [1.165, 1.54) is 0 Å². The molecule has 0 aliphatic carbocycles. The van der Waals surface area contributed by atoms with Gasteiger partial charge in [-0.3, -0.25) is 0 Å². The van der Waals surface area contributed by atoms with E-state index in [0.717, 1.165) is 27.2 Å². The summed E-state index contributed by atoms with van der Waals surface area (Å²) < 4.78 is 11.4. The molecular weight excluding hydrogens is 352 g/mol. The summed E-state index contributed by atoms with van der Waals surface area (Å²) in [5, 5.41) is 3.29. The first-order valence-corrected chi connectivity index (χ1v) is 7.34. The number of hydrogen-bond acceptors (Lipinski definition) is 4. The Labute approximate surface area is 137 Å². The third-order valence-corrected chi connectivity index (χ3v) is 3.80. The van der Waals surface area contributed by atoms with Crippen molar-refractivity contribution in [1.82, 2.24) is 0 Å². The average Bonchev–Trinajstić information content (AvgIpc) is 2.46. The molecule has 0 saturated heterocycles. The van der Waals surface area contributed by atoms with Gasteiger partial charge < -0.3 is 20.5 Å². The molecule has 2 aromatic rings. The van der Waals surface area contributed by atoms with Crippen LogP contribution in [0, 0.1) is 0 Å². The molecule has 2 rings (SSSR count). The number of halogens is 1. The molecule has 6 heteroatoms. The molecule has 0 unspecified atom stereocenters. The molecule has 0 amide bonds. The topological polar surface area (TPSA) is 56.5 Å². The highest BCUT2D eigenvalue weighted by Crippen LogP contribution is 2.34. The minimum Gasteiger partial charge on any atom is -0.497 e. The predicted molar refractivity (Wildman–Crippen MR) is 92.9 cm³/mol. The number of hydrogen-bond donors (Lipinski definition) is 2. The minimum atomic E-state index is 0.312. The van der Waals surface area contributed by atoms with Crippen LogP contribution >= 0.6 is 28.1 Å². The lowest BCUT2D eigenvalue weighted by molar-refractivity contribution is 0.405. The predicted octanol–water partition coefficient (Wildman–Crippen LogP) is 3.84. The summed E-state index contributed by atoms with van der Waals surface area (Å²) in [6, 6.07) is 11.2. The first-order valence-electron chi connectivity index (χ1n) is 6.14. The molecule has 4 nitrogen and oxygen atoms in total. The van der Waals surface area contributed by atoms with E-state index in [2.05, 4.69) is 21.2 Å². The molecule has 110 valence electrons. The van der Waals surface area contributed by atoms with Crippen molar-refractivity contribution >= 4 is 44.5 Å². The lowest BCUT2D eigenvalue weighted by atomic mass is 10.1. The number of methoxy groups -OCH3 is 2. The van der Waals surface area contributed by atoms with Gasteiger partial charge in [0.2, 0.25) is 0 Å². The first kappa shape index (κ1) is 15.6. The van der Waals surface area contributed by atoms with E-state index in [-0.39, 0.29) is 0 Å². The zero-order valence-corrected chi connectivity index (χ0v) is 14.0. The molecule has 0 atom stereocenters. The Bertz CT molecular complexity index is 677. The van der Waals surface area contributed by atoms with E-state index in [0.29, 0.717) is 10.7 Å². The van der Waals surface area contributed by atoms with Crippen molar-refractivity contribution < 1.29 is 9.47 Å². The Kier molecular flexibility index (Phi) is 5.03. The lowest BCUT2D eigenvalue weighted by Crippen LogP contribution is -2.13. The molecule has 0 bridgehead atoms. The van der Waals surface area contributed by atoms with E-state index >= 15 is 0 Å². The third-order valence-electron chi connectivity index (χ3n) is 2.94. The summed E-state index contributed by atoms with van der Waals surface area (Å²) in [6.07, 6.45) is 0. The Morgan fingerprint density at radius 1 is 1.14 bits per heavy atom. The molecular formula is C15H15BrN2O2S. The van der Waals surface area contributed by atoms with E-state index in [9.17, 15) is 0 Å². The summed E-state index contributed by atoms with van der Waals surface area (Å²) in [7, 11) is 3.23. The third kappa shape index (κ3) is 3.46. The van der Waals surface area contributed by atoms with E-state index in [1.54, 1.807) is 14.2 Å². The van der Waals surface area contributed by atoms with Crippen molar-refractivity contribution in [3.63, 3.8) is 0 Å². The quantitative estimate of drug-likeness (QED) is 0.787. The van der Waals surface area contributed by atoms with Gasteiger partial charge in [0.1, 0.15) is 16.5 Å². The zero-order valence-electron chi connectivity index (χ0n) is 11.6. The molecule has 3 N–H and O–H groups in total.